The molecule has 386 valence electrons. The maximum absolute atomic E-state index is 12.4. The minimum absolute atomic E-state index is 0.0765. The van der Waals surface area contributed by atoms with Gasteiger partial charge in [-0.15, -0.1) is 11.3 Å². The standard InChI is InChI=1S/C21H40O3.C18H34O.C16H26N2O2S.C2H6/c1-3-5-7-9-10-13-17-20(16-12-8-6-4-2)24-21(23)18-14-11-15-19-22;1-2-3-4-5-6-7-8-9-10-11-12-13-14-15-16-17-18-19;1-5-13-15(16(19)20-10-6-8-17(2)3)12-7-9-18(4)11-14(12)21-13;1-2/h19-20H,3-18H2,1-2H3;9-10,18H,2-8,11-17H2,1H3;5-11H2,1-4H3;1-2H3/b;10-9-;;. The zero-order valence-electron chi connectivity index (χ0n) is 44.8. The molecule has 1 aliphatic rings. The van der Waals surface area contributed by atoms with Crippen molar-refractivity contribution in [1.29, 1.82) is 0 Å². The molecular formula is C57H106N2O6S. The molecule has 1 aromatic heterocycles. The van der Waals surface area contributed by atoms with Gasteiger partial charge in [0.1, 0.15) is 18.7 Å². The van der Waals surface area contributed by atoms with Crippen LogP contribution < -0.4 is 0 Å². The summed E-state index contributed by atoms with van der Waals surface area (Å²) in [7, 11) is 6.19. The van der Waals surface area contributed by atoms with E-state index in [1.54, 1.807) is 11.3 Å². The second kappa shape index (κ2) is 50.5. The number of likely N-dealkylation sites (N-methyl/N-ethyl adjacent to an activating group) is 1. The predicted octanol–water partition coefficient (Wildman–Crippen LogP) is 16.0. The fourth-order valence-corrected chi connectivity index (χ4v) is 9.31. The van der Waals surface area contributed by atoms with Gasteiger partial charge in [0.15, 0.2) is 0 Å². The molecule has 2 rings (SSSR count). The molecule has 0 fully saturated rings. The minimum Gasteiger partial charge on any atom is -0.462 e. The molecule has 0 saturated heterocycles. The first-order valence-electron chi connectivity index (χ1n) is 27.5. The zero-order valence-corrected chi connectivity index (χ0v) is 45.6. The molecule has 1 atom stereocenters. The molecule has 0 spiro atoms. The topological polar surface area (TPSA) is 93.2 Å². The predicted molar refractivity (Wildman–Crippen MR) is 285 cm³/mol. The number of hydrogen-bond donors (Lipinski definition) is 0. The number of carbonyl (C=O) groups is 4. The second-order valence-corrected chi connectivity index (χ2v) is 19.6. The summed E-state index contributed by atoms with van der Waals surface area (Å²) in [5.74, 6) is -0.194. The van der Waals surface area contributed by atoms with E-state index in [0.29, 0.717) is 19.4 Å². The summed E-state index contributed by atoms with van der Waals surface area (Å²) in [5, 5.41) is 0. The summed E-state index contributed by atoms with van der Waals surface area (Å²) in [4.78, 5) is 51.8. The van der Waals surface area contributed by atoms with E-state index in [1.807, 2.05) is 27.9 Å². The van der Waals surface area contributed by atoms with Crippen molar-refractivity contribution in [2.45, 2.75) is 266 Å². The fraction of sp³-hybridized carbons (Fsp3) is 0.825. The Morgan fingerprint density at radius 3 is 1.62 bits per heavy atom. The van der Waals surface area contributed by atoms with E-state index < -0.39 is 0 Å². The van der Waals surface area contributed by atoms with Gasteiger partial charge in [0.05, 0.1) is 12.2 Å². The van der Waals surface area contributed by atoms with Gasteiger partial charge in [-0.3, -0.25) is 4.79 Å². The average molecular weight is 948 g/mol. The third-order valence-corrected chi connectivity index (χ3v) is 13.3. The van der Waals surface area contributed by atoms with Crippen LogP contribution in [0.5, 0.6) is 0 Å². The van der Waals surface area contributed by atoms with Gasteiger partial charge in [0.2, 0.25) is 0 Å². The van der Waals surface area contributed by atoms with Crippen molar-refractivity contribution in [2.24, 2.45) is 0 Å². The highest BCUT2D eigenvalue weighted by Crippen LogP contribution is 2.34. The van der Waals surface area contributed by atoms with Gasteiger partial charge in [-0.1, -0.05) is 156 Å². The number of fused-ring (bicyclic) bond motifs is 1. The van der Waals surface area contributed by atoms with Gasteiger partial charge in [0, 0.05) is 48.7 Å². The van der Waals surface area contributed by atoms with Crippen molar-refractivity contribution in [3.05, 3.63) is 33.0 Å². The Bertz CT molecular complexity index is 1280. The zero-order chi connectivity index (χ0) is 49.3. The number of hydrogen-bond acceptors (Lipinski definition) is 9. The van der Waals surface area contributed by atoms with Gasteiger partial charge < -0.3 is 28.9 Å². The van der Waals surface area contributed by atoms with E-state index in [-0.39, 0.29) is 18.0 Å². The smallest absolute Gasteiger partial charge is 0.339 e. The molecule has 1 unspecified atom stereocenters. The van der Waals surface area contributed by atoms with Crippen molar-refractivity contribution in [1.82, 2.24) is 9.80 Å². The molecule has 0 aromatic carbocycles. The lowest BCUT2D eigenvalue weighted by Gasteiger charge is -2.22. The van der Waals surface area contributed by atoms with Gasteiger partial charge in [0.25, 0.3) is 0 Å². The van der Waals surface area contributed by atoms with Crippen molar-refractivity contribution in [3.8, 4) is 0 Å². The monoisotopic (exact) mass is 947 g/mol. The maximum Gasteiger partial charge on any atom is 0.339 e. The molecule has 0 radical (unpaired) electrons. The number of unbranched alkanes of at least 4 members (excludes halogenated alkanes) is 22. The van der Waals surface area contributed by atoms with Crippen molar-refractivity contribution >= 4 is 35.8 Å². The van der Waals surface area contributed by atoms with Crippen LogP contribution in [0.3, 0.4) is 0 Å². The first kappa shape index (κ1) is 65.7. The SMILES string of the molecule is CC.CCCCCCCC/C=C\CCCCCCCC=O.CCCCCCCCC(CCCCCC)OC(=O)CCCCC=O.CCc1sc2c(c1C(=O)OCCCN(C)C)CCN(C)C2. The lowest BCUT2D eigenvalue weighted by atomic mass is 10.0. The Morgan fingerprint density at radius 2 is 1.12 bits per heavy atom. The van der Waals surface area contributed by atoms with Gasteiger partial charge >= 0.3 is 11.9 Å². The number of esters is 2. The minimum atomic E-state index is -0.118. The Kier molecular flexibility index (Phi) is 50.3. The normalized spacial score (nSPS) is 12.6. The fourth-order valence-electron chi connectivity index (χ4n) is 7.95. The number of nitrogens with zero attached hydrogens (tertiary/aromatic N) is 2. The van der Waals surface area contributed by atoms with Crippen LogP contribution in [0, 0.1) is 0 Å². The van der Waals surface area contributed by atoms with Gasteiger partial charge in [-0.2, -0.15) is 0 Å². The van der Waals surface area contributed by atoms with Crippen molar-refractivity contribution in [2.75, 3.05) is 40.8 Å². The number of carbonyl (C=O) groups excluding carboxylic acids is 4. The van der Waals surface area contributed by atoms with Crippen molar-refractivity contribution in [3.63, 3.8) is 0 Å². The van der Waals surface area contributed by atoms with Crippen molar-refractivity contribution < 1.29 is 28.7 Å². The molecule has 66 heavy (non-hydrogen) atoms. The van der Waals surface area contributed by atoms with Gasteiger partial charge in [-0.05, 0) is 117 Å². The molecule has 0 bridgehead atoms. The highest BCUT2D eigenvalue weighted by atomic mass is 32.1. The largest absolute Gasteiger partial charge is 0.462 e. The highest BCUT2D eigenvalue weighted by Gasteiger charge is 2.27. The molecule has 1 aliphatic heterocycles. The molecule has 0 saturated carbocycles. The molecule has 0 amide bonds. The second-order valence-electron chi connectivity index (χ2n) is 18.4. The summed E-state index contributed by atoms with van der Waals surface area (Å²) < 4.78 is 11.2. The molecule has 9 heteroatoms. The molecule has 0 N–H and O–H groups in total. The average Bonchev–Trinajstić information content (AvgIpc) is 3.69. The van der Waals surface area contributed by atoms with E-state index in [9.17, 15) is 19.2 Å². The van der Waals surface area contributed by atoms with E-state index in [0.717, 1.165) is 102 Å². The van der Waals surface area contributed by atoms with Crippen LogP contribution in [-0.4, -0.2) is 81.3 Å². The van der Waals surface area contributed by atoms with Crippen LogP contribution in [0.25, 0.3) is 0 Å². The maximum atomic E-state index is 12.4. The number of thiophene rings is 1. The third-order valence-electron chi connectivity index (χ3n) is 11.9. The number of aldehydes is 2. The molecule has 2 heterocycles. The van der Waals surface area contributed by atoms with E-state index in [1.165, 1.54) is 150 Å². The molecule has 1 aromatic rings. The number of aryl methyl sites for hydroxylation is 1. The van der Waals surface area contributed by atoms with Crippen LogP contribution in [0.4, 0.5) is 0 Å². The summed E-state index contributed by atoms with van der Waals surface area (Å²) >= 11 is 1.79. The van der Waals surface area contributed by atoms with Crippen LogP contribution >= 0.6 is 11.3 Å². The van der Waals surface area contributed by atoms with E-state index in [4.69, 9.17) is 9.47 Å². The summed E-state index contributed by atoms with van der Waals surface area (Å²) in [6.45, 7) is 16.3. The number of rotatable bonds is 39. The highest BCUT2D eigenvalue weighted by molar-refractivity contribution is 7.12. The lowest BCUT2D eigenvalue weighted by molar-refractivity contribution is -0.150. The van der Waals surface area contributed by atoms with E-state index >= 15 is 0 Å². The summed E-state index contributed by atoms with van der Waals surface area (Å²) in [6.07, 6.45) is 44.5. The summed E-state index contributed by atoms with van der Waals surface area (Å²) in [5.41, 5.74) is 2.11. The quantitative estimate of drug-likeness (QED) is 0.0279. The molecule has 0 aliphatic carbocycles. The van der Waals surface area contributed by atoms with Gasteiger partial charge in [-0.25, -0.2) is 4.79 Å². The number of allylic oxidation sites excluding steroid dienone is 2. The Labute approximate surface area is 412 Å². The van der Waals surface area contributed by atoms with E-state index in [2.05, 4.69) is 56.7 Å². The van der Waals surface area contributed by atoms with Crippen LogP contribution in [0.15, 0.2) is 12.2 Å². The van der Waals surface area contributed by atoms with Crippen LogP contribution in [-0.2, 0) is 43.2 Å². The lowest BCUT2D eigenvalue weighted by Crippen LogP contribution is -2.26. The third kappa shape index (κ3) is 39.6. The Balaban J connectivity index is 0. The van der Waals surface area contributed by atoms with Crippen LogP contribution in [0.2, 0.25) is 0 Å². The first-order chi connectivity index (χ1) is 32.2. The first-order valence-corrected chi connectivity index (χ1v) is 28.4. The molecular weight excluding hydrogens is 841 g/mol. The van der Waals surface area contributed by atoms with Crippen LogP contribution in [0.1, 0.15) is 266 Å². The summed E-state index contributed by atoms with van der Waals surface area (Å²) in [6, 6.07) is 0. The molecule has 8 nitrogen and oxygen atoms in total. The Hall–Kier alpha value is -2.36. The number of ether oxygens (including phenoxy) is 2. The Morgan fingerprint density at radius 1 is 0.652 bits per heavy atom.